The number of hydrogen-bond donors (Lipinski definition) is 0. The number of benzene rings is 2. The van der Waals surface area contributed by atoms with E-state index in [0.29, 0.717) is 40.4 Å². The van der Waals surface area contributed by atoms with Crippen LogP contribution in [0.25, 0.3) is 0 Å². The topological polar surface area (TPSA) is 72.9 Å². The highest BCUT2D eigenvalue weighted by Gasteiger charge is 2.47. The molecule has 0 N–H and O–H groups in total. The lowest BCUT2D eigenvalue weighted by atomic mass is 9.79. The number of nitrogens with zero attached hydrogens (tertiary/aromatic N) is 1. The van der Waals surface area contributed by atoms with Gasteiger partial charge in [0.05, 0.1) is 19.8 Å². The molecule has 2 aromatic rings. The third-order valence-corrected chi connectivity index (χ3v) is 5.78. The number of ketones is 1. The van der Waals surface area contributed by atoms with Crippen molar-refractivity contribution in [3.63, 3.8) is 0 Å². The van der Waals surface area contributed by atoms with Crippen molar-refractivity contribution in [2.75, 3.05) is 19.1 Å². The van der Waals surface area contributed by atoms with E-state index in [1.807, 2.05) is 30.3 Å². The monoisotopic (exact) mass is 437 g/mol. The molecule has 4 rings (SSSR count). The summed E-state index contributed by atoms with van der Waals surface area (Å²) in [6, 6.07) is 16.0. The first-order valence-corrected chi connectivity index (χ1v) is 10.1. The molecule has 0 spiro atoms. The van der Waals surface area contributed by atoms with Crippen LogP contribution in [0.5, 0.6) is 0 Å². The van der Waals surface area contributed by atoms with Gasteiger partial charge in [-0.25, -0.2) is 9.59 Å². The van der Waals surface area contributed by atoms with Gasteiger partial charge in [0.2, 0.25) is 0 Å². The standard InChI is InChI=1S/C24H20ClNO5/c1-30-23(28)21-19(14-8-10-15(25)11-9-14)20-17(12-13-18(20)27)26(22(21)24(29)31-2)16-6-4-3-5-7-16/h3-11,19H,12-13H2,1-2H3. The lowest BCUT2D eigenvalue weighted by Crippen LogP contribution is -2.37. The number of Topliss-reactive ketones (excluding diaryl/α,β-unsaturated/α-hetero) is 1. The van der Waals surface area contributed by atoms with Crippen LogP contribution < -0.4 is 4.90 Å². The number of hydrogen-bond acceptors (Lipinski definition) is 6. The van der Waals surface area contributed by atoms with Crippen molar-refractivity contribution in [2.24, 2.45) is 0 Å². The van der Waals surface area contributed by atoms with Gasteiger partial charge in [-0.1, -0.05) is 41.9 Å². The van der Waals surface area contributed by atoms with E-state index in [0.717, 1.165) is 0 Å². The van der Waals surface area contributed by atoms with E-state index in [9.17, 15) is 14.4 Å². The predicted molar refractivity (Wildman–Crippen MR) is 115 cm³/mol. The first-order valence-electron chi connectivity index (χ1n) is 9.75. The second kappa shape index (κ2) is 8.40. The Morgan fingerprint density at radius 1 is 0.935 bits per heavy atom. The molecule has 0 radical (unpaired) electrons. The van der Waals surface area contributed by atoms with E-state index in [1.165, 1.54) is 14.2 Å². The number of allylic oxidation sites excluding steroid dienone is 2. The molecule has 0 saturated heterocycles. The van der Waals surface area contributed by atoms with Crippen molar-refractivity contribution < 1.29 is 23.9 Å². The molecule has 0 fully saturated rings. The number of ether oxygens (including phenoxy) is 2. The summed E-state index contributed by atoms with van der Waals surface area (Å²) < 4.78 is 10.1. The Hall–Kier alpha value is -3.38. The summed E-state index contributed by atoms with van der Waals surface area (Å²) in [7, 11) is 2.50. The quantitative estimate of drug-likeness (QED) is 0.669. The maximum atomic E-state index is 13.0. The zero-order chi connectivity index (χ0) is 22.1. The van der Waals surface area contributed by atoms with Gasteiger partial charge in [-0.05, 0) is 36.2 Å². The Labute approximate surface area is 184 Å². The van der Waals surface area contributed by atoms with Crippen LogP contribution in [0.1, 0.15) is 24.3 Å². The SMILES string of the molecule is COC(=O)C1=C(C(=O)OC)N(c2ccccc2)C2=C(C(=O)CC2)C1c1ccc(Cl)cc1. The van der Waals surface area contributed by atoms with Crippen LogP contribution in [0.4, 0.5) is 5.69 Å². The summed E-state index contributed by atoms with van der Waals surface area (Å²) in [5.41, 5.74) is 2.61. The van der Waals surface area contributed by atoms with Crippen molar-refractivity contribution >= 4 is 35.0 Å². The zero-order valence-corrected chi connectivity index (χ0v) is 17.8. The number of rotatable bonds is 4. The number of carbonyl (C=O) groups excluding carboxylic acids is 3. The number of anilines is 1. The molecule has 158 valence electrons. The normalized spacial score (nSPS) is 18.2. The second-order valence-corrected chi connectivity index (χ2v) is 7.62. The zero-order valence-electron chi connectivity index (χ0n) is 17.1. The van der Waals surface area contributed by atoms with Crippen LogP contribution in [-0.2, 0) is 23.9 Å². The lowest BCUT2D eigenvalue weighted by Gasteiger charge is -2.36. The molecule has 1 atom stereocenters. The molecule has 1 unspecified atom stereocenters. The molecule has 0 aromatic heterocycles. The number of methoxy groups -OCH3 is 2. The number of halogens is 1. The molecule has 0 amide bonds. The van der Waals surface area contributed by atoms with Crippen LogP contribution >= 0.6 is 11.6 Å². The molecule has 1 heterocycles. The average Bonchev–Trinajstić information content (AvgIpc) is 3.18. The number of para-hydroxylation sites is 1. The fourth-order valence-electron chi connectivity index (χ4n) is 4.23. The van der Waals surface area contributed by atoms with Crippen molar-refractivity contribution in [1.29, 1.82) is 0 Å². The van der Waals surface area contributed by atoms with Gasteiger partial charge in [0.15, 0.2) is 5.78 Å². The molecule has 2 aromatic carbocycles. The van der Waals surface area contributed by atoms with E-state index in [1.54, 1.807) is 29.2 Å². The Morgan fingerprint density at radius 3 is 2.19 bits per heavy atom. The molecule has 6 nitrogen and oxygen atoms in total. The fraction of sp³-hybridized carbons (Fsp3) is 0.208. The van der Waals surface area contributed by atoms with Gasteiger partial charge in [0, 0.05) is 34.3 Å². The molecule has 1 aliphatic carbocycles. The van der Waals surface area contributed by atoms with E-state index >= 15 is 0 Å². The smallest absolute Gasteiger partial charge is 0.355 e. The summed E-state index contributed by atoms with van der Waals surface area (Å²) in [6.45, 7) is 0. The largest absolute Gasteiger partial charge is 0.466 e. The Morgan fingerprint density at radius 2 is 1.58 bits per heavy atom. The molecule has 1 aliphatic heterocycles. The van der Waals surface area contributed by atoms with Gasteiger partial charge >= 0.3 is 11.9 Å². The highest BCUT2D eigenvalue weighted by Crippen LogP contribution is 2.49. The molecular formula is C24H20ClNO5. The third-order valence-electron chi connectivity index (χ3n) is 5.53. The molecule has 31 heavy (non-hydrogen) atoms. The van der Waals surface area contributed by atoms with Crippen LogP contribution in [0.2, 0.25) is 5.02 Å². The Kier molecular flexibility index (Phi) is 5.65. The van der Waals surface area contributed by atoms with Gasteiger partial charge in [-0.2, -0.15) is 0 Å². The van der Waals surface area contributed by atoms with Gasteiger partial charge in [-0.15, -0.1) is 0 Å². The van der Waals surface area contributed by atoms with Gasteiger partial charge in [0.1, 0.15) is 5.70 Å². The van der Waals surface area contributed by atoms with Crippen molar-refractivity contribution in [3.8, 4) is 0 Å². The third kappa shape index (κ3) is 3.53. The highest BCUT2D eigenvalue weighted by molar-refractivity contribution is 6.30. The van der Waals surface area contributed by atoms with Gasteiger partial charge in [-0.3, -0.25) is 4.79 Å². The first kappa shape index (κ1) is 20.9. The predicted octanol–water partition coefficient (Wildman–Crippen LogP) is 4.16. The summed E-state index contributed by atoms with van der Waals surface area (Å²) in [6.07, 6.45) is 0.739. The van der Waals surface area contributed by atoms with Crippen molar-refractivity contribution in [1.82, 2.24) is 0 Å². The number of esters is 2. The van der Waals surface area contributed by atoms with E-state index in [2.05, 4.69) is 0 Å². The minimum Gasteiger partial charge on any atom is -0.466 e. The second-order valence-electron chi connectivity index (χ2n) is 7.18. The van der Waals surface area contributed by atoms with Crippen molar-refractivity contribution in [3.05, 3.63) is 87.7 Å². The molecule has 2 aliphatic rings. The maximum absolute atomic E-state index is 13.0. The maximum Gasteiger partial charge on any atom is 0.355 e. The van der Waals surface area contributed by atoms with Crippen LogP contribution in [0.3, 0.4) is 0 Å². The van der Waals surface area contributed by atoms with Crippen LogP contribution in [-0.4, -0.2) is 31.9 Å². The van der Waals surface area contributed by atoms with Crippen LogP contribution in [0.15, 0.2) is 77.1 Å². The summed E-state index contributed by atoms with van der Waals surface area (Å²) in [5.74, 6) is -2.22. The molecule has 7 heteroatoms. The van der Waals surface area contributed by atoms with Gasteiger partial charge < -0.3 is 14.4 Å². The van der Waals surface area contributed by atoms with Crippen LogP contribution in [0, 0.1) is 0 Å². The minimum atomic E-state index is -0.760. The molecule has 0 bridgehead atoms. The summed E-state index contributed by atoms with van der Waals surface area (Å²) in [4.78, 5) is 40.8. The van der Waals surface area contributed by atoms with E-state index < -0.39 is 17.9 Å². The minimum absolute atomic E-state index is 0.0500. The van der Waals surface area contributed by atoms with E-state index in [4.69, 9.17) is 21.1 Å². The Bertz CT molecular complexity index is 1120. The summed E-state index contributed by atoms with van der Waals surface area (Å²) >= 11 is 6.06. The Balaban J connectivity index is 2.06. The van der Waals surface area contributed by atoms with E-state index in [-0.39, 0.29) is 17.1 Å². The lowest BCUT2D eigenvalue weighted by molar-refractivity contribution is -0.139. The van der Waals surface area contributed by atoms with Crippen molar-refractivity contribution in [2.45, 2.75) is 18.8 Å². The first-order chi connectivity index (χ1) is 15.0. The van der Waals surface area contributed by atoms with Gasteiger partial charge in [0.25, 0.3) is 0 Å². The molecular weight excluding hydrogens is 418 g/mol. The number of carbonyl (C=O) groups is 3. The summed E-state index contributed by atoms with van der Waals surface area (Å²) in [5, 5.41) is 0.522. The highest BCUT2D eigenvalue weighted by atomic mass is 35.5. The molecule has 0 saturated carbocycles. The fourth-order valence-corrected chi connectivity index (χ4v) is 4.36. The average molecular weight is 438 g/mol.